The van der Waals surface area contributed by atoms with Crippen molar-refractivity contribution >= 4 is 27.3 Å². The third-order valence-electron chi connectivity index (χ3n) is 2.34. The van der Waals surface area contributed by atoms with Crippen molar-refractivity contribution < 1.29 is 5.11 Å². The van der Waals surface area contributed by atoms with Gasteiger partial charge in [0, 0.05) is 28.4 Å². The molecule has 1 N–H and O–H groups in total. The quantitative estimate of drug-likeness (QED) is 0.938. The zero-order valence-electron chi connectivity index (χ0n) is 9.56. The number of aliphatic hydroxyl groups excluding tert-OH is 1. The Labute approximate surface area is 113 Å². The van der Waals surface area contributed by atoms with Crippen molar-refractivity contribution in [1.82, 2.24) is 4.98 Å². The maximum Gasteiger partial charge on any atom is 0.0971 e. The number of nitrogens with zero attached hydrogens (tertiary/aromatic N) is 1. The van der Waals surface area contributed by atoms with Crippen molar-refractivity contribution in [3.8, 4) is 0 Å². The number of rotatable bonds is 4. The van der Waals surface area contributed by atoms with Gasteiger partial charge in [0.05, 0.1) is 11.1 Å². The normalized spacial score (nSPS) is 12.6. The molecular weight excluding hydrogens is 298 g/mol. The monoisotopic (exact) mass is 311 g/mol. The van der Waals surface area contributed by atoms with Crippen LogP contribution in [0.15, 0.2) is 34.9 Å². The molecule has 1 atom stereocenters. The molecule has 0 saturated heterocycles. The molecule has 2 aromatic rings. The van der Waals surface area contributed by atoms with Gasteiger partial charge in [-0.3, -0.25) is 0 Å². The molecule has 0 aliphatic rings. The van der Waals surface area contributed by atoms with E-state index in [9.17, 15) is 5.11 Å². The van der Waals surface area contributed by atoms with Crippen LogP contribution in [-0.4, -0.2) is 16.2 Å². The van der Waals surface area contributed by atoms with E-state index in [0.717, 1.165) is 20.8 Å². The SMILES string of the molecule is CC(O)Cc1cnc(Cc2cccc(Br)c2)s1. The Kier molecular flexibility index (Phi) is 4.31. The Hall–Kier alpha value is -0.710. The molecule has 1 aromatic carbocycles. The van der Waals surface area contributed by atoms with Gasteiger partial charge in [-0.1, -0.05) is 28.1 Å². The van der Waals surface area contributed by atoms with Crippen LogP contribution < -0.4 is 0 Å². The van der Waals surface area contributed by atoms with Crippen molar-refractivity contribution in [3.63, 3.8) is 0 Å². The summed E-state index contributed by atoms with van der Waals surface area (Å²) < 4.78 is 1.09. The van der Waals surface area contributed by atoms with Gasteiger partial charge in [0.25, 0.3) is 0 Å². The molecule has 0 aliphatic carbocycles. The lowest BCUT2D eigenvalue weighted by molar-refractivity contribution is 0.196. The highest BCUT2D eigenvalue weighted by molar-refractivity contribution is 9.10. The second-order valence-electron chi connectivity index (χ2n) is 4.08. The van der Waals surface area contributed by atoms with Crippen LogP contribution in [0.4, 0.5) is 0 Å². The molecule has 1 heterocycles. The number of halogens is 1. The van der Waals surface area contributed by atoms with Crippen molar-refractivity contribution in [2.75, 3.05) is 0 Å². The predicted molar refractivity (Wildman–Crippen MR) is 74.4 cm³/mol. The Morgan fingerprint density at radius 1 is 1.47 bits per heavy atom. The van der Waals surface area contributed by atoms with E-state index in [1.807, 2.05) is 18.3 Å². The minimum Gasteiger partial charge on any atom is -0.393 e. The fraction of sp³-hybridized carbons (Fsp3) is 0.308. The fourth-order valence-electron chi connectivity index (χ4n) is 1.64. The summed E-state index contributed by atoms with van der Waals surface area (Å²) in [6, 6.07) is 8.25. The lowest BCUT2D eigenvalue weighted by atomic mass is 10.2. The lowest BCUT2D eigenvalue weighted by Gasteiger charge is -1.99. The van der Waals surface area contributed by atoms with Crippen LogP contribution in [0, 0.1) is 0 Å². The second kappa shape index (κ2) is 5.76. The molecule has 90 valence electrons. The molecule has 0 amide bonds. The number of benzene rings is 1. The van der Waals surface area contributed by atoms with Gasteiger partial charge >= 0.3 is 0 Å². The van der Waals surface area contributed by atoms with E-state index in [1.54, 1.807) is 18.3 Å². The summed E-state index contributed by atoms with van der Waals surface area (Å²) in [5, 5.41) is 10.4. The van der Waals surface area contributed by atoms with Crippen molar-refractivity contribution in [2.45, 2.75) is 25.9 Å². The van der Waals surface area contributed by atoms with Gasteiger partial charge in [-0.25, -0.2) is 4.98 Å². The minimum atomic E-state index is -0.297. The van der Waals surface area contributed by atoms with Crippen molar-refractivity contribution in [2.24, 2.45) is 0 Å². The van der Waals surface area contributed by atoms with Gasteiger partial charge in [-0.2, -0.15) is 0 Å². The molecule has 0 bridgehead atoms. The van der Waals surface area contributed by atoms with Gasteiger partial charge < -0.3 is 5.11 Å². The average Bonchev–Trinajstić information content (AvgIpc) is 2.64. The first-order chi connectivity index (χ1) is 8.13. The van der Waals surface area contributed by atoms with Gasteiger partial charge in [-0.05, 0) is 24.6 Å². The summed E-state index contributed by atoms with van der Waals surface area (Å²) in [7, 11) is 0. The molecule has 2 rings (SSSR count). The maximum absolute atomic E-state index is 9.31. The molecule has 0 radical (unpaired) electrons. The average molecular weight is 312 g/mol. The molecule has 0 fully saturated rings. The Bertz CT molecular complexity index is 496. The molecule has 17 heavy (non-hydrogen) atoms. The third kappa shape index (κ3) is 3.91. The van der Waals surface area contributed by atoms with Crippen molar-refractivity contribution in [3.05, 3.63) is 50.4 Å². The third-order valence-corrected chi connectivity index (χ3v) is 3.86. The maximum atomic E-state index is 9.31. The summed E-state index contributed by atoms with van der Waals surface area (Å²) in [6.45, 7) is 1.80. The van der Waals surface area contributed by atoms with E-state index < -0.39 is 0 Å². The van der Waals surface area contributed by atoms with Crippen LogP contribution in [-0.2, 0) is 12.8 Å². The number of hydrogen-bond donors (Lipinski definition) is 1. The van der Waals surface area contributed by atoms with Crippen LogP contribution in [0.25, 0.3) is 0 Å². The number of hydrogen-bond acceptors (Lipinski definition) is 3. The van der Waals surface area contributed by atoms with E-state index >= 15 is 0 Å². The molecule has 4 heteroatoms. The molecule has 1 aromatic heterocycles. The second-order valence-corrected chi connectivity index (χ2v) is 6.20. The number of aliphatic hydroxyl groups is 1. The van der Waals surface area contributed by atoms with Gasteiger partial charge in [0.1, 0.15) is 0 Å². The smallest absolute Gasteiger partial charge is 0.0971 e. The first-order valence-electron chi connectivity index (χ1n) is 5.49. The van der Waals surface area contributed by atoms with Crippen LogP contribution in [0.3, 0.4) is 0 Å². The van der Waals surface area contributed by atoms with E-state index in [2.05, 4.69) is 33.0 Å². The zero-order valence-corrected chi connectivity index (χ0v) is 12.0. The van der Waals surface area contributed by atoms with Gasteiger partial charge in [-0.15, -0.1) is 11.3 Å². The van der Waals surface area contributed by atoms with Crippen LogP contribution in [0.5, 0.6) is 0 Å². The van der Waals surface area contributed by atoms with Crippen LogP contribution >= 0.6 is 27.3 Å². The van der Waals surface area contributed by atoms with Crippen LogP contribution in [0.1, 0.15) is 22.4 Å². The largest absolute Gasteiger partial charge is 0.393 e. The zero-order chi connectivity index (χ0) is 12.3. The highest BCUT2D eigenvalue weighted by Gasteiger charge is 2.06. The standard InChI is InChI=1S/C13H14BrNOS/c1-9(16)5-12-8-15-13(17-12)7-10-3-2-4-11(14)6-10/h2-4,6,8-9,16H,5,7H2,1H3. The topological polar surface area (TPSA) is 33.1 Å². The van der Waals surface area contributed by atoms with E-state index in [-0.39, 0.29) is 6.10 Å². The number of thiazole rings is 1. The summed E-state index contributed by atoms with van der Waals surface area (Å²) in [5.74, 6) is 0. The molecular formula is C13H14BrNOS. The first kappa shape index (κ1) is 12.7. The summed E-state index contributed by atoms with van der Waals surface area (Å²) in [6.07, 6.45) is 3.11. The minimum absolute atomic E-state index is 0.297. The Morgan fingerprint density at radius 3 is 3.00 bits per heavy atom. The van der Waals surface area contributed by atoms with Gasteiger partial charge in [0.2, 0.25) is 0 Å². The first-order valence-corrected chi connectivity index (χ1v) is 7.10. The highest BCUT2D eigenvalue weighted by atomic mass is 79.9. The lowest BCUT2D eigenvalue weighted by Crippen LogP contribution is -2.01. The number of aromatic nitrogens is 1. The van der Waals surface area contributed by atoms with E-state index in [1.165, 1.54) is 5.56 Å². The Morgan fingerprint density at radius 2 is 2.29 bits per heavy atom. The highest BCUT2D eigenvalue weighted by Crippen LogP contribution is 2.20. The molecule has 1 unspecified atom stereocenters. The fourth-order valence-corrected chi connectivity index (χ4v) is 3.16. The van der Waals surface area contributed by atoms with Crippen LogP contribution in [0.2, 0.25) is 0 Å². The van der Waals surface area contributed by atoms with E-state index in [0.29, 0.717) is 6.42 Å². The Balaban J connectivity index is 2.06. The molecule has 0 aliphatic heterocycles. The molecule has 0 saturated carbocycles. The molecule has 0 spiro atoms. The van der Waals surface area contributed by atoms with E-state index in [4.69, 9.17) is 0 Å². The molecule has 2 nitrogen and oxygen atoms in total. The summed E-state index contributed by atoms with van der Waals surface area (Å²) >= 11 is 5.14. The van der Waals surface area contributed by atoms with Crippen molar-refractivity contribution in [1.29, 1.82) is 0 Å². The summed E-state index contributed by atoms with van der Waals surface area (Å²) in [5.41, 5.74) is 1.25. The predicted octanol–water partition coefficient (Wildman–Crippen LogP) is 3.42. The summed E-state index contributed by atoms with van der Waals surface area (Å²) in [4.78, 5) is 5.53. The van der Waals surface area contributed by atoms with Gasteiger partial charge in [0.15, 0.2) is 0 Å².